The smallest absolute Gasteiger partial charge is 0.387 e. The van der Waals surface area contributed by atoms with Crippen molar-refractivity contribution in [2.45, 2.75) is 13.5 Å². The van der Waals surface area contributed by atoms with Gasteiger partial charge in [-0.25, -0.2) is 0 Å². The fourth-order valence-corrected chi connectivity index (χ4v) is 2.07. The lowest BCUT2D eigenvalue weighted by Crippen LogP contribution is -2.07. The van der Waals surface area contributed by atoms with E-state index in [9.17, 15) is 13.6 Å². The van der Waals surface area contributed by atoms with Crippen LogP contribution in [-0.2, 0) is 4.79 Å². The number of hydrogen-bond donors (Lipinski definition) is 1. The molecule has 26 heavy (non-hydrogen) atoms. The van der Waals surface area contributed by atoms with Crippen molar-refractivity contribution in [1.82, 2.24) is 0 Å². The normalized spacial score (nSPS) is 10.6. The molecule has 0 aromatic heterocycles. The molecular formula is C19H16F2N2O3. The minimum absolute atomic E-state index is 0.0685. The molecule has 0 atom stereocenters. The van der Waals surface area contributed by atoms with Crippen molar-refractivity contribution in [3.8, 4) is 17.6 Å². The molecule has 2 rings (SSSR count). The van der Waals surface area contributed by atoms with Gasteiger partial charge in [-0.15, -0.1) is 0 Å². The Morgan fingerprint density at radius 2 is 1.96 bits per heavy atom. The van der Waals surface area contributed by atoms with Crippen molar-refractivity contribution in [2.75, 3.05) is 11.9 Å². The Kier molecular flexibility index (Phi) is 6.68. The average Bonchev–Trinajstić information content (AvgIpc) is 2.62. The van der Waals surface area contributed by atoms with Crippen LogP contribution in [-0.4, -0.2) is 19.1 Å². The maximum absolute atomic E-state index is 12.4. The molecule has 0 saturated heterocycles. The van der Waals surface area contributed by atoms with E-state index in [1.54, 1.807) is 31.2 Å². The molecule has 0 unspecified atom stereocenters. The van der Waals surface area contributed by atoms with E-state index in [2.05, 4.69) is 10.1 Å². The third kappa shape index (κ3) is 5.60. The highest BCUT2D eigenvalue weighted by atomic mass is 19.3. The van der Waals surface area contributed by atoms with Crippen LogP contribution in [0.5, 0.6) is 11.5 Å². The van der Waals surface area contributed by atoms with Gasteiger partial charge in [0.1, 0.15) is 0 Å². The van der Waals surface area contributed by atoms with Crippen LogP contribution in [0.1, 0.15) is 18.1 Å². The van der Waals surface area contributed by atoms with Crippen LogP contribution in [0.2, 0.25) is 0 Å². The van der Waals surface area contributed by atoms with E-state index in [-0.39, 0.29) is 24.0 Å². The Hall–Kier alpha value is -3.40. The molecule has 2 aromatic rings. The molecule has 5 nitrogen and oxygen atoms in total. The van der Waals surface area contributed by atoms with Crippen LogP contribution in [0.3, 0.4) is 0 Å². The minimum Gasteiger partial charge on any atom is -0.490 e. The monoisotopic (exact) mass is 358 g/mol. The molecule has 2 aromatic carbocycles. The van der Waals surface area contributed by atoms with Gasteiger partial charge in [0.25, 0.3) is 0 Å². The van der Waals surface area contributed by atoms with Crippen molar-refractivity contribution >= 4 is 17.7 Å². The minimum atomic E-state index is -2.95. The van der Waals surface area contributed by atoms with Crippen LogP contribution in [0, 0.1) is 11.3 Å². The van der Waals surface area contributed by atoms with Gasteiger partial charge in [-0.05, 0) is 55.0 Å². The summed E-state index contributed by atoms with van der Waals surface area (Å²) in [5.74, 6) is -0.274. The molecular weight excluding hydrogens is 342 g/mol. The van der Waals surface area contributed by atoms with Crippen LogP contribution >= 0.6 is 0 Å². The van der Waals surface area contributed by atoms with E-state index in [0.717, 1.165) is 0 Å². The van der Waals surface area contributed by atoms with Crippen molar-refractivity contribution in [2.24, 2.45) is 0 Å². The summed E-state index contributed by atoms with van der Waals surface area (Å²) in [5, 5.41) is 11.4. The van der Waals surface area contributed by atoms with Crippen LogP contribution in [0.15, 0.2) is 48.5 Å². The third-order valence-corrected chi connectivity index (χ3v) is 3.19. The first-order valence-electron chi connectivity index (χ1n) is 7.72. The number of carbonyl (C=O) groups is 1. The number of rotatable bonds is 7. The lowest BCUT2D eigenvalue weighted by atomic mass is 10.2. The SMILES string of the molecule is CCOc1cc(/C=C/C(=O)Nc2ccc(C#N)cc2)ccc1OC(F)F. The Balaban J connectivity index is 2.07. The second-order valence-corrected chi connectivity index (χ2v) is 5.03. The van der Waals surface area contributed by atoms with Crippen LogP contribution in [0.4, 0.5) is 14.5 Å². The standard InChI is InChI=1S/C19H16F2N2O3/c1-2-25-17-11-13(5-9-16(17)26-19(20)21)6-10-18(24)23-15-7-3-14(12-22)4-8-15/h3-11,19H,2H2,1H3,(H,23,24)/b10-6+. The molecule has 0 fully saturated rings. The predicted molar refractivity (Wildman–Crippen MR) is 93.1 cm³/mol. The van der Waals surface area contributed by atoms with E-state index in [1.807, 2.05) is 6.07 Å². The number of anilines is 1. The molecule has 0 heterocycles. The van der Waals surface area contributed by atoms with E-state index in [1.165, 1.54) is 30.4 Å². The van der Waals surface area contributed by atoms with E-state index in [4.69, 9.17) is 10.00 Å². The van der Waals surface area contributed by atoms with Gasteiger partial charge in [-0.1, -0.05) is 6.07 Å². The van der Waals surface area contributed by atoms with E-state index < -0.39 is 6.61 Å². The van der Waals surface area contributed by atoms with Crippen LogP contribution in [0.25, 0.3) is 6.08 Å². The van der Waals surface area contributed by atoms with Gasteiger partial charge in [0, 0.05) is 11.8 Å². The second-order valence-electron chi connectivity index (χ2n) is 5.03. The van der Waals surface area contributed by atoms with Crippen LogP contribution < -0.4 is 14.8 Å². The number of nitrogens with zero attached hydrogens (tertiary/aromatic N) is 1. The number of nitriles is 1. The quantitative estimate of drug-likeness (QED) is 0.753. The number of carbonyl (C=O) groups excluding carboxylic acids is 1. The molecule has 134 valence electrons. The Bertz CT molecular complexity index is 828. The topological polar surface area (TPSA) is 71.3 Å². The number of halogens is 2. The average molecular weight is 358 g/mol. The third-order valence-electron chi connectivity index (χ3n) is 3.19. The summed E-state index contributed by atoms with van der Waals surface area (Å²) in [4.78, 5) is 11.9. The number of hydrogen-bond acceptors (Lipinski definition) is 4. The van der Waals surface area contributed by atoms with Gasteiger partial charge in [-0.2, -0.15) is 14.0 Å². The number of nitrogens with one attached hydrogen (secondary N) is 1. The van der Waals surface area contributed by atoms with Crippen molar-refractivity contribution in [1.29, 1.82) is 5.26 Å². The van der Waals surface area contributed by atoms with Crippen molar-refractivity contribution < 1.29 is 23.0 Å². The van der Waals surface area contributed by atoms with Gasteiger partial charge >= 0.3 is 6.61 Å². The largest absolute Gasteiger partial charge is 0.490 e. The molecule has 1 amide bonds. The highest BCUT2D eigenvalue weighted by molar-refractivity contribution is 6.01. The molecule has 0 aliphatic heterocycles. The molecule has 0 radical (unpaired) electrons. The fourth-order valence-electron chi connectivity index (χ4n) is 2.07. The van der Waals surface area contributed by atoms with E-state index >= 15 is 0 Å². The second kappa shape index (κ2) is 9.18. The number of benzene rings is 2. The van der Waals surface area contributed by atoms with Gasteiger partial charge in [0.05, 0.1) is 18.2 Å². The number of amides is 1. The summed E-state index contributed by atoms with van der Waals surface area (Å²) < 4.78 is 34.5. The molecule has 7 heteroatoms. The summed E-state index contributed by atoms with van der Waals surface area (Å²) in [6.07, 6.45) is 2.82. The summed E-state index contributed by atoms with van der Waals surface area (Å²) in [6, 6.07) is 12.8. The maximum atomic E-state index is 12.4. The molecule has 0 bridgehead atoms. The molecule has 1 N–H and O–H groups in total. The first kappa shape index (κ1) is 18.9. The molecule has 0 aliphatic rings. The van der Waals surface area contributed by atoms with E-state index in [0.29, 0.717) is 16.8 Å². The summed E-state index contributed by atoms with van der Waals surface area (Å²) in [6.45, 7) is -0.945. The Morgan fingerprint density at radius 3 is 2.58 bits per heavy atom. The van der Waals surface area contributed by atoms with Gasteiger partial charge in [-0.3, -0.25) is 4.79 Å². The fraction of sp³-hybridized carbons (Fsp3) is 0.158. The first-order valence-corrected chi connectivity index (χ1v) is 7.72. The first-order chi connectivity index (χ1) is 12.5. The predicted octanol–water partition coefficient (Wildman–Crippen LogP) is 4.21. The Labute approximate surface area is 149 Å². The summed E-state index contributed by atoms with van der Waals surface area (Å²) in [7, 11) is 0. The van der Waals surface area contributed by atoms with Crippen molar-refractivity contribution in [3.63, 3.8) is 0 Å². The zero-order valence-electron chi connectivity index (χ0n) is 13.9. The Morgan fingerprint density at radius 1 is 1.23 bits per heavy atom. The van der Waals surface area contributed by atoms with Gasteiger partial charge < -0.3 is 14.8 Å². The lowest BCUT2D eigenvalue weighted by molar-refractivity contribution is -0.111. The van der Waals surface area contributed by atoms with Crippen molar-refractivity contribution in [3.05, 3.63) is 59.7 Å². The number of ether oxygens (including phenoxy) is 2. The highest BCUT2D eigenvalue weighted by Gasteiger charge is 2.11. The molecule has 0 aliphatic carbocycles. The highest BCUT2D eigenvalue weighted by Crippen LogP contribution is 2.30. The maximum Gasteiger partial charge on any atom is 0.387 e. The lowest BCUT2D eigenvalue weighted by Gasteiger charge is -2.11. The summed E-state index contributed by atoms with van der Waals surface area (Å²) in [5.41, 5.74) is 1.63. The van der Waals surface area contributed by atoms with Gasteiger partial charge in [0.15, 0.2) is 11.5 Å². The number of alkyl halides is 2. The molecule has 0 saturated carbocycles. The summed E-state index contributed by atoms with van der Waals surface area (Å²) >= 11 is 0. The molecule has 0 spiro atoms. The van der Waals surface area contributed by atoms with Gasteiger partial charge in [0.2, 0.25) is 5.91 Å². The zero-order valence-corrected chi connectivity index (χ0v) is 13.9. The zero-order chi connectivity index (χ0) is 18.9.